The number of anilines is 1. The average Bonchev–Trinajstić information content (AvgIpc) is 2.45. The third kappa shape index (κ3) is 4.17. The number of nitrogens with two attached hydrogens (primary N) is 1. The second kappa shape index (κ2) is 6.55. The van der Waals surface area contributed by atoms with E-state index in [9.17, 15) is 12.8 Å². The van der Waals surface area contributed by atoms with Crippen molar-refractivity contribution < 1.29 is 17.5 Å². The summed E-state index contributed by atoms with van der Waals surface area (Å²) in [6.45, 7) is 0.694. The van der Waals surface area contributed by atoms with Crippen LogP contribution in [0.2, 0.25) is 0 Å². The van der Waals surface area contributed by atoms with Gasteiger partial charge in [0.05, 0.1) is 10.6 Å². The summed E-state index contributed by atoms with van der Waals surface area (Å²) in [4.78, 5) is -0.143. The molecular weight excluding hydrogens is 295 g/mol. The Hall–Kier alpha value is -2.12. The lowest BCUT2D eigenvalue weighted by atomic mass is 10.3. The highest BCUT2D eigenvalue weighted by Gasteiger charge is 2.15. The van der Waals surface area contributed by atoms with Gasteiger partial charge in [-0.15, -0.1) is 0 Å². The maximum atomic E-state index is 13.1. The van der Waals surface area contributed by atoms with Gasteiger partial charge in [0.15, 0.2) is 0 Å². The second-order valence-corrected chi connectivity index (χ2v) is 5.91. The van der Waals surface area contributed by atoms with Gasteiger partial charge in [-0.3, -0.25) is 4.72 Å². The molecule has 0 aliphatic rings. The fraction of sp³-hybridized carbons (Fsp3) is 0.143. The zero-order chi connectivity index (χ0) is 15.3. The molecule has 3 N–H and O–H groups in total. The number of ether oxygens (including phenoxy) is 1. The van der Waals surface area contributed by atoms with Crippen LogP contribution in [0.25, 0.3) is 0 Å². The summed E-state index contributed by atoms with van der Waals surface area (Å²) < 4.78 is 45.1. The number of hydrogen-bond acceptors (Lipinski definition) is 4. The first-order valence-corrected chi connectivity index (χ1v) is 7.71. The van der Waals surface area contributed by atoms with Crippen LogP contribution in [0, 0.1) is 5.82 Å². The van der Waals surface area contributed by atoms with Gasteiger partial charge < -0.3 is 10.5 Å². The van der Waals surface area contributed by atoms with Gasteiger partial charge in [0, 0.05) is 12.6 Å². The van der Waals surface area contributed by atoms with Gasteiger partial charge in [-0.05, 0) is 30.3 Å². The summed E-state index contributed by atoms with van der Waals surface area (Å²) in [5.74, 6) is -0.113. The Labute approximate surface area is 122 Å². The van der Waals surface area contributed by atoms with Crippen molar-refractivity contribution in [1.82, 2.24) is 0 Å². The van der Waals surface area contributed by atoms with Gasteiger partial charge >= 0.3 is 0 Å². The number of halogens is 1. The van der Waals surface area contributed by atoms with Crippen molar-refractivity contribution in [3.05, 3.63) is 54.3 Å². The summed E-state index contributed by atoms with van der Waals surface area (Å²) >= 11 is 0. The van der Waals surface area contributed by atoms with Crippen molar-refractivity contribution in [3.63, 3.8) is 0 Å². The van der Waals surface area contributed by atoms with E-state index in [0.717, 1.165) is 6.07 Å². The number of sulfonamides is 1. The molecule has 0 heterocycles. The standard InChI is InChI=1S/C14H15FN2O3S/c15-11-3-1-6-14(9-11)21(18,19)17-12-4-2-5-13(10-12)20-8-7-16/h1-6,9-10,17H,7-8,16H2. The minimum absolute atomic E-state index is 0.143. The van der Waals surface area contributed by atoms with Crippen LogP contribution in [0.15, 0.2) is 53.4 Å². The first-order valence-electron chi connectivity index (χ1n) is 6.22. The highest BCUT2D eigenvalue weighted by molar-refractivity contribution is 7.92. The van der Waals surface area contributed by atoms with Crippen molar-refractivity contribution in [1.29, 1.82) is 0 Å². The molecule has 0 saturated heterocycles. The van der Waals surface area contributed by atoms with E-state index in [2.05, 4.69) is 4.72 Å². The largest absolute Gasteiger partial charge is 0.492 e. The summed E-state index contributed by atoms with van der Waals surface area (Å²) in [5.41, 5.74) is 5.66. The van der Waals surface area contributed by atoms with Gasteiger partial charge in [0.2, 0.25) is 0 Å². The van der Waals surface area contributed by atoms with E-state index < -0.39 is 15.8 Å². The van der Waals surface area contributed by atoms with Crippen molar-refractivity contribution >= 4 is 15.7 Å². The number of nitrogens with one attached hydrogen (secondary N) is 1. The highest BCUT2D eigenvalue weighted by Crippen LogP contribution is 2.21. The van der Waals surface area contributed by atoms with Crippen LogP contribution in [0.1, 0.15) is 0 Å². The molecular formula is C14H15FN2O3S. The molecule has 0 amide bonds. The molecule has 0 aromatic heterocycles. The molecule has 0 aliphatic heterocycles. The van der Waals surface area contributed by atoms with E-state index in [4.69, 9.17) is 10.5 Å². The predicted molar refractivity (Wildman–Crippen MR) is 78.2 cm³/mol. The fourth-order valence-corrected chi connectivity index (χ4v) is 2.75. The molecule has 112 valence electrons. The molecule has 2 rings (SSSR count). The lowest BCUT2D eigenvalue weighted by Crippen LogP contribution is -2.13. The molecule has 21 heavy (non-hydrogen) atoms. The van der Waals surface area contributed by atoms with E-state index >= 15 is 0 Å². The van der Waals surface area contributed by atoms with Gasteiger partial charge in [-0.1, -0.05) is 12.1 Å². The van der Waals surface area contributed by atoms with Crippen LogP contribution in [0.5, 0.6) is 5.75 Å². The minimum atomic E-state index is -3.84. The molecule has 2 aromatic rings. The summed E-state index contributed by atoms with van der Waals surface area (Å²) in [7, 11) is -3.84. The molecule has 2 aromatic carbocycles. The minimum Gasteiger partial charge on any atom is -0.492 e. The molecule has 7 heteroatoms. The normalized spacial score (nSPS) is 11.1. The van der Waals surface area contributed by atoms with Gasteiger partial charge in [0.25, 0.3) is 10.0 Å². The van der Waals surface area contributed by atoms with Crippen LogP contribution in [0.4, 0.5) is 10.1 Å². The van der Waals surface area contributed by atoms with Gasteiger partial charge in [-0.2, -0.15) is 0 Å². The van der Waals surface area contributed by atoms with Crippen LogP contribution in [0.3, 0.4) is 0 Å². The van der Waals surface area contributed by atoms with Crippen LogP contribution in [-0.2, 0) is 10.0 Å². The van der Waals surface area contributed by atoms with E-state index in [0.29, 0.717) is 24.6 Å². The average molecular weight is 310 g/mol. The molecule has 0 bridgehead atoms. The van der Waals surface area contributed by atoms with E-state index in [1.165, 1.54) is 24.3 Å². The number of rotatable bonds is 6. The first-order chi connectivity index (χ1) is 10.0. The van der Waals surface area contributed by atoms with Crippen molar-refractivity contribution in [2.45, 2.75) is 4.90 Å². The van der Waals surface area contributed by atoms with Crippen LogP contribution < -0.4 is 15.2 Å². The molecule has 0 fully saturated rings. The van der Waals surface area contributed by atoms with Crippen molar-refractivity contribution in [3.8, 4) is 5.75 Å². The van der Waals surface area contributed by atoms with E-state index in [1.54, 1.807) is 18.2 Å². The molecule has 0 radical (unpaired) electrons. The molecule has 0 saturated carbocycles. The Morgan fingerprint density at radius 3 is 2.62 bits per heavy atom. The van der Waals surface area contributed by atoms with Crippen LogP contribution >= 0.6 is 0 Å². The predicted octanol–water partition coefficient (Wildman–Crippen LogP) is 1.96. The quantitative estimate of drug-likeness (QED) is 0.854. The summed E-state index contributed by atoms with van der Waals surface area (Å²) in [6.07, 6.45) is 0. The zero-order valence-electron chi connectivity index (χ0n) is 11.1. The Morgan fingerprint density at radius 1 is 1.14 bits per heavy atom. The summed E-state index contributed by atoms with van der Waals surface area (Å²) in [5, 5.41) is 0. The Morgan fingerprint density at radius 2 is 1.90 bits per heavy atom. The van der Waals surface area contributed by atoms with Crippen molar-refractivity contribution in [2.75, 3.05) is 17.9 Å². The molecule has 0 atom stereocenters. The molecule has 5 nitrogen and oxygen atoms in total. The third-order valence-electron chi connectivity index (χ3n) is 2.58. The molecule has 0 unspecified atom stereocenters. The monoisotopic (exact) mass is 310 g/mol. The maximum Gasteiger partial charge on any atom is 0.261 e. The second-order valence-electron chi connectivity index (χ2n) is 4.23. The maximum absolute atomic E-state index is 13.1. The first kappa shape index (κ1) is 15.3. The smallest absolute Gasteiger partial charge is 0.261 e. The zero-order valence-corrected chi connectivity index (χ0v) is 11.9. The van der Waals surface area contributed by atoms with E-state index in [-0.39, 0.29) is 4.90 Å². The Balaban J connectivity index is 2.20. The van der Waals surface area contributed by atoms with Crippen molar-refractivity contribution in [2.24, 2.45) is 5.73 Å². The van der Waals surface area contributed by atoms with Gasteiger partial charge in [-0.25, -0.2) is 12.8 Å². The highest BCUT2D eigenvalue weighted by atomic mass is 32.2. The lowest BCUT2D eigenvalue weighted by Gasteiger charge is -2.10. The number of hydrogen-bond donors (Lipinski definition) is 2. The SMILES string of the molecule is NCCOc1cccc(NS(=O)(=O)c2cccc(F)c2)c1. The Bertz CT molecular complexity index is 720. The van der Waals surface area contributed by atoms with Gasteiger partial charge in [0.1, 0.15) is 18.2 Å². The molecule has 0 spiro atoms. The van der Waals surface area contributed by atoms with E-state index in [1.807, 2.05) is 0 Å². The topological polar surface area (TPSA) is 81.4 Å². The fourth-order valence-electron chi connectivity index (χ4n) is 1.67. The number of benzene rings is 2. The van der Waals surface area contributed by atoms with Crippen LogP contribution in [-0.4, -0.2) is 21.6 Å². The summed E-state index contributed by atoms with van der Waals surface area (Å²) in [6, 6.07) is 11.2. The lowest BCUT2D eigenvalue weighted by molar-refractivity contribution is 0.328. The third-order valence-corrected chi connectivity index (χ3v) is 3.96. The Kier molecular flexibility index (Phi) is 4.77. The molecule has 0 aliphatic carbocycles.